The number of hydrogen-bond donors (Lipinski definition) is 2. The molecule has 2 aromatic rings. The smallest absolute Gasteiger partial charge is 0.480 e. The van der Waals surface area contributed by atoms with Crippen molar-refractivity contribution in [1.82, 2.24) is 0 Å². The lowest BCUT2D eigenvalue weighted by atomic mass is 9.82. The third kappa shape index (κ3) is 10.2. The van der Waals surface area contributed by atoms with E-state index in [1.807, 2.05) is 13.8 Å². The van der Waals surface area contributed by atoms with Crippen molar-refractivity contribution in [2.45, 2.75) is 58.4 Å². The zero-order chi connectivity index (χ0) is 29.5. The highest BCUT2D eigenvalue weighted by Crippen LogP contribution is 2.36. The van der Waals surface area contributed by atoms with Gasteiger partial charge in [0.25, 0.3) is 0 Å². The number of nitrogens with two attached hydrogens (primary N) is 1. The quantitative estimate of drug-likeness (QED) is 0.126. The van der Waals surface area contributed by atoms with Crippen molar-refractivity contribution in [2.24, 2.45) is 11.7 Å². The molecule has 0 radical (unpaired) electrons. The monoisotopic (exact) mass is 559 g/mol. The lowest BCUT2D eigenvalue weighted by Crippen LogP contribution is -2.40. The van der Waals surface area contributed by atoms with Crippen LogP contribution < -0.4 is 15.2 Å². The highest BCUT2D eigenvalue weighted by Gasteiger charge is 2.33. The van der Waals surface area contributed by atoms with Crippen LogP contribution >= 0.6 is 0 Å². The first-order valence-corrected chi connectivity index (χ1v) is 13.2. The predicted molar refractivity (Wildman–Crippen MR) is 144 cm³/mol. The maximum absolute atomic E-state index is 12.4. The van der Waals surface area contributed by atoms with Gasteiger partial charge in [0, 0.05) is 5.92 Å². The first kappa shape index (κ1) is 32.1. The summed E-state index contributed by atoms with van der Waals surface area (Å²) in [5, 5.41) is 9.71. The van der Waals surface area contributed by atoms with Crippen molar-refractivity contribution >= 4 is 24.2 Å². The van der Waals surface area contributed by atoms with Gasteiger partial charge in [-0.3, -0.25) is 4.79 Å². The van der Waals surface area contributed by atoms with Gasteiger partial charge < -0.3 is 34.5 Å². The van der Waals surface area contributed by atoms with E-state index in [0.29, 0.717) is 24.0 Å². The molecular formula is C29H37NO10. The van der Waals surface area contributed by atoms with E-state index in [4.69, 9.17) is 29.4 Å². The second-order valence-electron chi connectivity index (χ2n) is 9.15. The van der Waals surface area contributed by atoms with Gasteiger partial charge >= 0.3 is 24.2 Å². The van der Waals surface area contributed by atoms with E-state index >= 15 is 0 Å². The SMILES string of the molecule is CCCCOC(=O)Oc1ccc(C(C(C)COC(=O)c2ccccc2)[C@H](N)C(=O)O)cc1OC(=O)OCCCC. The summed E-state index contributed by atoms with van der Waals surface area (Å²) in [4.78, 5) is 48.8. The largest absolute Gasteiger partial charge is 0.513 e. The molecule has 0 amide bonds. The van der Waals surface area contributed by atoms with E-state index in [9.17, 15) is 24.3 Å². The Hall–Kier alpha value is -4.12. The van der Waals surface area contributed by atoms with Crippen LogP contribution in [0.5, 0.6) is 11.5 Å². The molecule has 2 unspecified atom stereocenters. The van der Waals surface area contributed by atoms with Gasteiger partial charge in [0.15, 0.2) is 11.5 Å². The fourth-order valence-electron chi connectivity index (χ4n) is 3.75. The standard InChI is InChI=1S/C29H37NO10/c1-4-6-15-36-28(34)39-22-14-13-21(17-23(22)40-29(35)37-16-7-5-2)24(25(30)26(31)32)19(3)18-38-27(33)20-11-9-8-10-12-20/h8-14,17,19,24-25H,4-7,15-16,18,30H2,1-3H3,(H,31,32)/t19?,24?,25-/m0/s1. The van der Waals surface area contributed by atoms with Crippen LogP contribution in [0.15, 0.2) is 48.5 Å². The average molecular weight is 560 g/mol. The average Bonchev–Trinajstić information content (AvgIpc) is 2.93. The Morgan fingerprint density at radius 3 is 1.95 bits per heavy atom. The summed E-state index contributed by atoms with van der Waals surface area (Å²) >= 11 is 0. The van der Waals surface area contributed by atoms with Crippen molar-refractivity contribution < 1.29 is 48.0 Å². The maximum Gasteiger partial charge on any atom is 0.513 e. The summed E-state index contributed by atoms with van der Waals surface area (Å²) in [5.74, 6) is -3.64. The second-order valence-corrected chi connectivity index (χ2v) is 9.15. The van der Waals surface area contributed by atoms with E-state index < -0.39 is 42.1 Å². The third-order valence-electron chi connectivity index (χ3n) is 5.95. The van der Waals surface area contributed by atoms with Crippen molar-refractivity contribution in [3.05, 3.63) is 59.7 Å². The molecule has 0 saturated carbocycles. The molecule has 40 heavy (non-hydrogen) atoms. The van der Waals surface area contributed by atoms with Gasteiger partial charge in [0.1, 0.15) is 6.04 Å². The van der Waals surface area contributed by atoms with Gasteiger partial charge in [0.05, 0.1) is 25.4 Å². The Morgan fingerprint density at radius 1 is 0.825 bits per heavy atom. The normalized spacial score (nSPS) is 12.9. The second kappa shape index (κ2) is 16.8. The first-order valence-electron chi connectivity index (χ1n) is 13.2. The molecule has 218 valence electrons. The zero-order valence-corrected chi connectivity index (χ0v) is 23.0. The number of carbonyl (C=O) groups is 4. The minimum Gasteiger partial charge on any atom is -0.480 e. The number of aliphatic carboxylic acids is 1. The number of ether oxygens (including phenoxy) is 5. The topological polar surface area (TPSA) is 161 Å². The third-order valence-corrected chi connectivity index (χ3v) is 5.95. The Morgan fingerprint density at radius 2 is 1.40 bits per heavy atom. The van der Waals surface area contributed by atoms with Gasteiger partial charge in [-0.15, -0.1) is 0 Å². The molecule has 0 aliphatic carbocycles. The van der Waals surface area contributed by atoms with Crippen LogP contribution in [-0.4, -0.2) is 55.2 Å². The number of unbranched alkanes of at least 4 members (excludes halogenated alkanes) is 2. The molecule has 0 spiro atoms. The summed E-state index contributed by atoms with van der Waals surface area (Å²) in [6.07, 6.45) is 0.843. The van der Waals surface area contributed by atoms with Crippen LogP contribution in [0.2, 0.25) is 0 Å². The van der Waals surface area contributed by atoms with Crippen LogP contribution in [0.3, 0.4) is 0 Å². The van der Waals surface area contributed by atoms with Gasteiger partial charge in [-0.2, -0.15) is 0 Å². The van der Waals surface area contributed by atoms with Crippen LogP contribution in [0.4, 0.5) is 9.59 Å². The Bertz CT molecular complexity index is 1120. The highest BCUT2D eigenvalue weighted by atomic mass is 16.7. The molecular weight excluding hydrogens is 522 g/mol. The molecule has 3 atom stereocenters. The number of rotatable bonds is 15. The predicted octanol–water partition coefficient (Wildman–Crippen LogP) is 5.31. The van der Waals surface area contributed by atoms with Crippen molar-refractivity contribution in [1.29, 1.82) is 0 Å². The molecule has 0 bridgehead atoms. The molecule has 0 aliphatic rings. The first-order chi connectivity index (χ1) is 19.2. The molecule has 0 heterocycles. The van der Waals surface area contributed by atoms with Gasteiger partial charge in [-0.25, -0.2) is 14.4 Å². The lowest BCUT2D eigenvalue weighted by molar-refractivity contribution is -0.139. The van der Waals surface area contributed by atoms with E-state index in [2.05, 4.69) is 0 Å². The van der Waals surface area contributed by atoms with E-state index in [1.165, 1.54) is 18.2 Å². The molecule has 0 fully saturated rings. The van der Waals surface area contributed by atoms with Crippen molar-refractivity contribution in [3.8, 4) is 11.5 Å². The molecule has 0 saturated heterocycles. The summed E-state index contributed by atoms with van der Waals surface area (Å²) in [5.41, 5.74) is 6.75. The Balaban J connectivity index is 2.33. The van der Waals surface area contributed by atoms with Crippen LogP contribution in [0.1, 0.15) is 68.3 Å². The molecule has 11 nitrogen and oxygen atoms in total. The fourth-order valence-corrected chi connectivity index (χ4v) is 3.75. The maximum atomic E-state index is 12.4. The van der Waals surface area contributed by atoms with E-state index in [0.717, 1.165) is 12.8 Å². The number of carboxylic acid groups (broad SMARTS) is 1. The highest BCUT2D eigenvalue weighted by molar-refractivity contribution is 5.89. The lowest BCUT2D eigenvalue weighted by Gasteiger charge is -2.28. The minimum absolute atomic E-state index is 0.126. The Kier molecular flexibility index (Phi) is 13.4. The summed E-state index contributed by atoms with van der Waals surface area (Å²) in [6, 6.07) is 11.1. The summed E-state index contributed by atoms with van der Waals surface area (Å²) in [7, 11) is 0. The number of hydrogen-bond acceptors (Lipinski definition) is 10. The van der Waals surface area contributed by atoms with Crippen LogP contribution in [-0.2, 0) is 19.0 Å². The molecule has 0 aromatic heterocycles. The number of benzene rings is 2. The molecule has 3 N–H and O–H groups in total. The van der Waals surface area contributed by atoms with Crippen LogP contribution in [0, 0.1) is 5.92 Å². The van der Waals surface area contributed by atoms with Crippen molar-refractivity contribution in [2.75, 3.05) is 19.8 Å². The van der Waals surface area contributed by atoms with Crippen molar-refractivity contribution in [3.63, 3.8) is 0 Å². The Labute approximate surface area is 233 Å². The molecule has 2 rings (SSSR count). The zero-order valence-electron chi connectivity index (χ0n) is 23.0. The minimum atomic E-state index is -1.40. The number of esters is 1. The summed E-state index contributed by atoms with van der Waals surface area (Å²) in [6.45, 7) is 5.68. The summed E-state index contributed by atoms with van der Waals surface area (Å²) < 4.78 is 26.1. The van der Waals surface area contributed by atoms with Gasteiger partial charge in [-0.1, -0.05) is 57.9 Å². The van der Waals surface area contributed by atoms with Gasteiger partial charge in [-0.05, 0) is 48.6 Å². The number of carboxylic acids is 1. The number of carbonyl (C=O) groups excluding carboxylic acids is 3. The molecule has 2 aromatic carbocycles. The van der Waals surface area contributed by atoms with Crippen LogP contribution in [0.25, 0.3) is 0 Å². The molecule has 11 heteroatoms. The molecule has 0 aliphatic heterocycles. The van der Waals surface area contributed by atoms with E-state index in [1.54, 1.807) is 37.3 Å². The van der Waals surface area contributed by atoms with Gasteiger partial charge in [0.2, 0.25) is 0 Å². The van der Waals surface area contributed by atoms with E-state index in [-0.39, 0.29) is 31.3 Å². The fraction of sp³-hybridized carbons (Fsp3) is 0.448.